The van der Waals surface area contributed by atoms with Gasteiger partial charge in [0.1, 0.15) is 0 Å². The average molecular weight is 378 g/mol. The van der Waals surface area contributed by atoms with Crippen molar-refractivity contribution in [2.24, 2.45) is 0 Å². The number of rotatable bonds is 5. The molecule has 2 N–H and O–H groups in total. The first-order chi connectivity index (χ1) is 12.1. The third kappa shape index (κ3) is 4.96. The van der Waals surface area contributed by atoms with Gasteiger partial charge in [-0.25, -0.2) is 4.79 Å². The topological polar surface area (TPSA) is 61.4 Å². The van der Waals surface area contributed by atoms with E-state index >= 15 is 0 Å². The van der Waals surface area contributed by atoms with Crippen LogP contribution in [0.1, 0.15) is 16.9 Å². The summed E-state index contributed by atoms with van der Waals surface area (Å²) in [7, 11) is 0. The Balaban J connectivity index is 1.47. The third-order valence-electron chi connectivity index (χ3n) is 4.08. The monoisotopic (exact) mass is 377 g/mol. The highest BCUT2D eigenvalue weighted by molar-refractivity contribution is 7.09. The molecule has 7 heteroatoms. The third-order valence-corrected chi connectivity index (χ3v) is 5.25. The first-order valence-corrected chi connectivity index (χ1v) is 9.51. The van der Waals surface area contributed by atoms with E-state index in [1.165, 1.54) is 4.88 Å². The van der Waals surface area contributed by atoms with E-state index in [9.17, 15) is 9.59 Å². The second-order valence-corrected chi connectivity index (χ2v) is 7.40. The summed E-state index contributed by atoms with van der Waals surface area (Å²) < 4.78 is 0. The van der Waals surface area contributed by atoms with Crippen LogP contribution in [0, 0.1) is 0 Å². The Morgan fingerprint density at radius 3 is 2.96 bits per heavy atom. The number of thiophene rings is 1. The molecule has 0 atom stereocenters. The van der Waals surface area contributed by atoms with Gasteiger partial charge in [0.15, 0.2) is 0 Å². The molecule has 0 saturated heterocycles. The van der Waals surface area contributed by atoms with Gasteiger partial charge >= 0.3 is 6.03 Å². The Morgan fingerprint density at radius 2 is 2.16 bits per heavy atom. The maximum Gasteiger partial charge on any atom is 0.321 e. The van der Waals surface area contributed by atoms with Gasteiger partial charge in [-0.1, -0.05) is 17.7 Å². The van der Waals surface area contributed by atoms with Crippen molar-refractivity contribution in [3.63, 3.8) is 0 Å². The van der Waals surface area contributed by atoms with Crippen LogP contribution < -0.4 is 15.5 Å². The number of carbonyl (C=O) groups is 2. The predicted molar refractivity (Wildman–Crippen MR) is 102 cm³/mol. The zero-order valence-electron chi connectivity index (χ0n) is 13.8. The number of hydrogen-bond donors (Lipinski definition) is 2. The normalized spacial score (nSPS) is 13.2. The standard InChI is InChI=1S/C18H20ClN3O2S/c19-14-5-6-16-13(11-14)3-1-9-22(16)12-17(23)21-18(24)20-8-7-15-4-2-10-25-15/h2,4-6,10-11H,1,3,7-9,12H2,(H2,20,21,23,24). The Labute approximate surface area is 156 Å². The van der Waals surface area contributed by atoms with E-state index in [0.29, 0.717) is 11.6 Å². The fraction of sp³-hybridized carbons (Fsp3) is 0.333. The minimum Gasteiger partial charge on any atom is -0.362 e. The summed E-state index contributed by atoms with van der Waals surface area (Å²) in [6.45, 7) is 1.46. The fourth-order valence-electron chi connectivity index (χ4n) is 2.95. The molecule has 0 unspecified atom stereocenters. The largest absolute Gasteiger partial charge is 0.362 e. The maximum atomic E-state index is 12.2. The van der Waals surface area contributed by atoms with Crippen molar-refractivity contribution in [1.82, 2.24) is 10.6 Å². The second kappa shape index (κ2) is 8.36. The zero-order valence-corrected chi connectivity index (χ0v) is 15.3. The maximum absolute atomic E-state index is 12.2. The minimum absolute atomic E-state index is 0.160. The van der Waals surface area contributed by atoms with Crippen molar-refractivity contribution in [2.45, 2.75) is 19.3 Å². The first-order valence-electron chi connectivity index (χ1n) is 8.25. The highest BCUT2D eigenvalue weighted by Crippen LogP contribution is 2.29. The Kier molecular flexibility index (Phi) is 5.94. The van der Waals surface area contributed by atoms with Gasteiger partial charge in [-0.15, -0.1) is 11.3 Å². The van der Waals surface area contributed by atoms with E-state index in [-0.39, 0.29) is 12.5 Å². The fourth-order valence-corrected chi connectivity index (χ4v) is 3.85. The van der Waals surface area contributed by atoms with Gasteiger partial charge in [0.05, 0.1) is 6.54 Å². The number of carbonyl (C=O) groups excluding carboxylic acids is 2. The number of halogens is 1. The molecule has 132 valence electrons. The SMILES string of the molecule is O=C(CN1CCCc2cc(Cl)ccc21)NC(=O)NCCc1cccs1. The van der Waals surface area contributed by atoms with Crippen LogP contribution in [0.2, 0.25) is 5.02 Å². The quantitative estimate of drug-likeness (QED) is 0.841. The molecule has 0 bridgehead atoms. The number of nitrogens with zero attached hydrogens (tertiary/aromatic N) is 1. The Morgan fingerprint density at radius 1 is 1.28 bits per heavy atom. The van der Waals surface area contributed by atoms with Gasteiger partial charge in [0, 0.05) is 28.7 Å². The highest BCUT2D eigenvalue weighted by atomic mass is 35.5. The number of benzene rings is 1. The van der Waals surface area contributed by atoms with Gasteiger partial charge in [0.25, 0.3) is 0 Å². The van der Waals surface area contributed by atoms with Crippen molar-refractivity contribution in [3.05, 3.63) is 51.2 Å². The predicted octanol–water partition coefficient (Wildman–Crippen LogP) is 3.22. The summed E-state index contributed by atoms with van der Waals surface area (Å²) in [6.07, 6.45) is 2.68. The van der Waals surface area contributed by atoms with Crippen molar-refractivity contribution in [3.8, 4) is 0 Å². The van der Waals surface area contributed by atoms with E-state index in [1.807, 2.05) is 40.6 Å². The molecule has 1 aliphatic rings. The molecule has 25 heavy (non-hydrogen) atoms. The molecule has 0 saturated carbocycles. The summed E-state index contributed by atoms with van der Waals surface area (Å²) in [6, 6.07) is 9.26. The lowest BCUT2D eigenvalue weighted by Gasteiger charge is -2.30. The van der Waals surface area contributed by atoms with Crippen molar-refractivity contribution in [1.29, 1.82) is 0 Å². The molecule has 2 heterocycles. The highest BCUT2D eigenvalue weighted by Gasteiger charge is 2.20. The van der Waals surface area contributed by atoms with Crippen molar-refractivity contribution >= 4 is 40.6 Å². The first kappa shape index (κ1) is 17.8. The molecular weight excluding hydrogens is 358 g/mol. The Bertz CT molecular complexity index is 749. The lowest BCUT2D eigenvalue weighted by molar-refractivity contribution is -0.118. The second-order valence-electron chi connectivity index (χ2n) is 5.93. The van der Waals surface area contributed by atoms with E-state index in [1.54, 1.807) is 11.3 Å². The van der Waals surface area contributed by atoms with E-state index < -0.39 is 6.03 Å². The summed E-state index contributed by atoms with van der Waals surface area (Å²) in [5.41, 5.74) is 2.16. The Hall–Kier alpha value is -2.05. The van der Waals surface area contributed by atoms with Gasteiger partial charge < -0.3 is 10.2 Å². The number of nitrogens with one attached hydrogen (secondary N) is 2. The number of anilines is 1. The minimum atomic E-state index is -0.449. The number of fused-ring (bicyclic) bond motifs is 1. The number of aryl methyl sites for hydroxylation is 1. The molecule has 3 rings (SSSR count). The van der Waals surface area contributed by atoms with Gasteiger partial charge in [-0.2, -0.15) is 0 Å². The summed E-state index contributed by atoms with van der Waals surface area (Å²) >= 11 is 7.69. The van der Waals surface area contributed by atoms with E-state index in [0.717, 1.165) is 37.1 Å². The molecule has 1 aromatic heterocycles. The van der Waals surface area contributed by atoms with Crippen LogP contribution in [0.4, 0.5) is 10.5 Å². The smallest absolute Gasteiger partial charge is 0.321 e. The number of hydrogen-bond acceptors (Lipinski definition) is 4. The number of imide groups is 1. The molecular formula is C18H20ClN3O2S. The average Bonchev–Trinajstić information content (AvgIpc) is 3.08. The van der Waals surface area contributed by atoms with Crippen LogP contribution in [-0.2, 0) is 17.6 Å². The molecule has 1 aliphatic heterocycles. The van der Waals surface area contributed by atoms with Crippen molar-refractivity contribution < 1.29 is 9.59 Å². The molecule has 5 nitrogen and oxygen atoms in total. The number of amides is 3. The van der Waals surface area contributed by atoms with Crippen LogP contribution in [0.25, 0.3) is 0 Å². The molecule has 2 aromatic rings. The van der Waals surface area contributed by atoms with Crippen LogP contribution in [0.5, 0.6) is 0 Å². The summed E-state index contributed by atoms with van der Waals surface area (Å²) in [4.78, 5) is 27.2. The number of urea groups is 1. The van der Waals surface area contributed by atoms with Crippen LogP contribution in [-0.4, -0.2) is 31.6 Å². The molecule has 0 fully saturated rings. The van der Waals surface area contributed by atoms with Crippen LogP contribution >= 0.6 is 22.9 Å². The molecule has 3 amide bonds. The molecule has 0 radical (unpaired) electrons. The van der Waals surface area contributed by atoms with Gasteiger partial charge in [0.2, 0.25) is 5.91 Å². The van der Waals surface area contributed by atoms with Crippen molar-refractivity contribution in [2.75, 3.05) is 24.5 Å². The summed E-state index contributed by atoms with van der Waals surface area (Å²) in [5, 5.41) is 7.82. The summed E-state index contributed by atoms with van der Waals surface area (Å²) in [5.74, 6) is -0.309. The molecule has 1 aromatic carbocycles. The lowest BCUT2D eigenvalue weighted by atomic mass is 10.0. The van der Waals surface area contributed by atoms with Crippen LogP contribution in [0.3, 0.4) is 0 Å². The van der Waals surface area contributed by atoms with Crippen LogP contribution in [0.15, 0.2) is 35.7 Å². The zero-order chi connectivity index (χ0) is 17.6. The molecule has 0 aliphatic carbocycles. The van der Waals surface area contributed by atoms with Gasteiger partial charge in [-0.05, 0) is 54.5 Å². The van der Waals surface area contributed by atoms with E-state index in [4.69, 9.17) is 11.6 Å². The van der Waals surface area contributed by atoms with Gasteiger partial charge in [-0.3, -0.25) is 10.1 Å². The lowest BCUT2D eigenvalue weighted by Crippen LogP contribution is -2.46. The van der Waals surface area contributed by atoms with E-state index in [2.05, 4.69) is 10.6 Å². The molecule has 0 spiro atoms.